The van der Waals surface area contributed by atoms with Crippen LogP contribution in [-0.4, -0.2) is 54.8 Å². The van der Waals surface area contributed by atoms with E-state index in [1.807, 2.05) is 72.8 Å². The number of hydrogen-bond donors (Lipinski definition) is 0. The summed E-state index contributed by atoms with van der Waals surface area (Å²) in [5, 5.41) is 48.4. The number of pyridine rings is 4. The van der Waals surface area contributed by atoms with E-state index in [0.717, 1.165) is 65.9 Å². The van der Waals surface area contributed by atoms with Crippen molar-refractivity contribution in [1.82, 2.24) is 19.9 Å². The van der Waals surface area contributed by atoms with Gasteiger partial charge in [0.15, 0.2) is 0 Å². The molecule has 4 N–H and O–H groups in total. The minimum Gasteiger partial charge on any atom is -0.545 e. The maximum atomic E-state index is 11.2. The van der Waals surface area contributed by atoms with Crippen molar-refractivity contribution in [2.45, 2.75) is 13.2 Å². The van der Waals surface area contributed by atoms with Crippen LogP contribution in [0.5, 0.6) is 11.5 Å². The second-order valence-corrected chi connectivity index (χ2v) is 17.7. The second-order valence-electron chi connectivity index (χ2n) is 17.7. The third-order valence-electron chi connectivity index (χ3n) is 12.5. The molecule has 0 spiro atoms. The van der Waals surface area contributed by atoms with Crippen LogP contribution in [0.1, 0.15) is 52.6 Å². The summed E-state index contributed by atoms with van der Waals surface area (Å²) in [6, 6.07) is 64.2. The topological polar surface area (TPSA) is 294 Å². The van der Waals surface area contributed by atoms with E-state index in [-0.39, 0.29) is 66.2 Å². The number of ether oxygens (including phenoxy) is 2. The number of carboxylic acid groups (broad SMARTS) is 4. The average Bonchev–Trinajstić information content (AvgIpc) is 3.12. The van der Waals surface area contributed by atoms with Gasteiger partial charge in [-0.05, 0) is 117 Å². The Morgan fingerprint density at radius 1 is 0.321 bits per heavy atom. The molecular weight excluding hydrogens is 1160 g/mol. The number of carboxylic acids is 4. The molecule has 0 aliphatic rings. The van der Waals surface area contributed by atoms with Gasteiger partial charge in [-0.3, -0.25) is 19.9 Å². The molecule has 0 unspecified atom stereocenters. The zero-order valence-electron chi connectivity index (χ0n) is 44.0. The summed E-state index contributed by atoms with van der Waals surface area (Å²) in [7, 11) is 0. The normalized spacial score (nSPS) is 10.0. The Kier molecular flexibility index (Phi) is 23.9. The van der Waals surface area contributed by atoms with Crippen LogP contribution in [0.4, 0.5) is 0 Å². The van der Waals surface area contributed by atoms with Crippen LogP contribution in [0, 0.1) is 0 Å². The Balaban J connectivity index is 0.000000209. The molecule has 0 aliphatic carbocycles. The monoisotopic (exact) mass is 1200 g/mol. The van der Waals surface area contributed by atoms with E-state index in [0.29, 0.717) is 35.8 Å². The Hall–Kier alpha value is -10.2. The zero-order valence-corrected chi connectivity index (χ0v) is 46.0. The molecule has 0 fully saturated rings. The van der Waals surface area contributed by atoms with Gasteiger partial charge in [0, 0.05) is 57.5 Å². The fourth-order valence-corrected chi connectivity index (χ4v) is 8.45. The first kappa shape index (κ1) is 64.6. The minimum absolute atomic E-state index is 0. The van der Waals surface area contributed by atoms with Crippen molar-refractivity contribution < 1.29 is 93.0 Å². The Morgan fingerprint density at radius 2 is 0.607 bits per heavy atom. The number of hydrogen-bond acceptors (Lipinski definition) is 14. The maximum absolute atomic E-state index is 11.2. The molecule has 16 nitrogen and oxygen atoms in total. The standard InChI is InChI=1S/2C21H16O5.2C12H8N2.2Ni.2H2O/c2*22-20(23)16-9-11-17(12-10-16)26-13-14-5-7-15(8-6-14)18-3-1-2-4-19(18)21(24)25;2*1-3-9-5-6-10-4-2-8-14-12(10)11(9)13-7-1;;;;/h2*1-12H,13H2,(H,22,23)(H,24,25);2*1-8H;;;2*1H2/q;;;;2*+2;;/p-4. The van der Waals surface area contributed by atoms with Crippen LogP contribution < -0.4 is 29.9 Å². The fourth-order valence-electron chi connectivity index (χ4n) is 8.45. The number of carbonyl (C=O) groups excluding carboxylic acids is 4. The van der Waals surface area contributed by atoms with E-state index in [1.54, 1.807) is 85.5 Å². The van der Waals surface area contributed by atoms with Crippen LogP contribution in [0.2, 0.25) is 0 Å². The number of rotatable bonds is 12. The van der Waals surface area contributed by atoms with Gasteiger partial charge in [0.05, 0.1) is 45.9 Å². The number of carbonyl (C=O) groups is 4. The van der Waals surface area contributed by atoms with Crippen molar-refractivity contribution in [1.29, 1.82) is 0 Å². The molecule has 0 radical (unpaired) electrons. The van der Waals surface area contributed by atoms with Gasteiger partial charge < -0.3 is 60.0 Å². The maximum Gasteiger partial charge on any atom is 2.00 e. The summed E-state index contributed by atoms with van der Waals surface area (Å²) in [5.74, 6) is -3.81. The van der Waals surface area contributed by atoms with Crippen molar-refractivity contribution in [3.63, 3.8) is 0 Å². The summed E-state index contributed by atoms with van der Waals surface area (Å²) in [4.78, 5) is 61.2. The van der Waals surface area contributed by atoms with Crippen molar-refractivity contribution in [3.05, 3.63) is 277 Å². The molecule has 84 heavy (non-hydrogen) atoms. The van der Waals surface area contributed by atoms with Crippen LogP contribution in [-0.2, 0) is 46.2 Å². The third kappa shape index (κ3) is 16.5. The van der Waals surface area contributed by atoms with E-state index in [2.05, 4.69) is 68.5 Å². The predicted molar refractivity (Wildman–Crippen MR) is 304 cm³/mol. The van der Waals surface area contributed by atoms with E-state index < -0.39 is 23.9 Å². The van der Waals surface area contributed by atoms with Gasteiger partial charge in [-0.2, -0.15) is 0 Å². The minimum atomic E-state index is -1.23. The van der Waals surface area contributed by atoms with E-state index >= 15 is 0 Å². The molecule has 4 heterocycles. The first-order valence-corrected chi connectivity index (χ1v) is 24.8. The molecule has 0 saturated carbocycles. The van der Waals surface area contributed by atoms with Gasteiger partial charge in [0.25, 0.3) is 0 Å². The average molecular weight is 1210 g/mol. The molecule has 0 saturated heterocycles. The molecule has 18 heteroatoms. The summed E-state index contributed by atoms with van der Waals surface area (Å²) < 4.78 is 11.2. The zero-order chi connectivity index (χ0) is 55.8. The van der Waals surface area contributed by atoms with Crippen LogP contribution >= 0.6 is 0 Å². The predicted octanol–water partition coefficient (Wildman–Crippen LogP) is 7.23. The summed E-state index contributed by atoms with van der Waals surface area (Å²) in [6.07, 6.45) is 7.21. The van der Waals surface area contributed by atoms with E-state index in [1.165, 1.54) is 36.4 Å². The summed E-state index contributed by atoms with van der Waals surface area (Å²) in [6.45, 7) is 0.597. The molecule has 12 aromatic rings. The van der Waals surface area contributed by atoms with E-state index in [4.69, 9.17) is 9.47 Å². The quantitative estimate of drug-likeness (QED) is 0.0861. The Morgan fingerprint density at radius 3 is 0.881 bits per heavy atom. The van der Waals surface area contributed by atoms with Gasteiger partial charge >= 0.3 is 33.0 Å². The third-order valence-corrected chi connectivity index (χ3v) is 12.5. The molecule has 0 bridgehead atoms. The Bertz CT molecular complexity index is 3780. The number of aromatic carboxylic acids is 4. The number of aromatic nitrogens is 4. The van der Waals surface area contributed by atoms with Crippen molar-refractivity contribution >= 4 is 67.5 Å². The fraction of sp³-hybridized carbons (Fsp3) is 0.0303. The first-order chi connectivity index (χ1) is 39.0. The van der Waals surface area contributed by atoms with Crippen LogP contribution in [0.3, 0.4) is 0 Å². The molecule has 0 amide bonds. The number of benzene rings is 8. The molecule has 8 aromatic carbocycles. The number of nitrogens with zero attached hydrogens (tertiary/aromatic N) is 4. The molecular formula is C66H48N4Ni2O12. The Labute approximate surface area is 501 Å². The molecule has 12 rings (SSSR count). The van der Waals surface area contributed by atoms with Gasteiger partial charge in [0.1, 0.15) is 24.7 Å². The van der Waals surface area contributed by atoms with Crippen molar-refractivity contribution in [3.8, 4) is 33.8 Å². The van der Waals surface area contributed by atoms with Crippen LogP contribution in [0.15, 0.2) is 243 Å². The largest absolute Gasteiger partial charge is 2.00 e. The van der Waals surface area contributed by atoms with E-state index in [9.17, 15) is 39.6 Å². The summed E-state index contributed by atoms with van der Waals surface area (Å²) in [5.41, 5.74) is 8.89. The molecule has 0 aliphatic heterocycles. The number of fused-ring (bicyclic) bond motifs is 6. The molecule has 4 aromatic heterocycles. The smallest absolute Gasteiger partial charge is 0.545 e. The van der Waals surface area contributed by atoms with Crippen LogP contribution in [0.25, 0.3) is 65.9 Å². The van der Waals surface area contributed by atoms with Gasteiger partial charge in [-0.25, -0.2) is 0 Å². The van der Waals surface area contributed by atoms with Gasteiger partial charge in [-0.1, -0.05) is 146 Å². The molecule has 0 atom stereocenters. The summed E-state index contributed by atoms with van der Waals surface area (Å²) >= 11 is 0. The van der Waals surface area contributed by atoms with Crippen molar-refractivity contribution in [2.24, 2.45) is 0 Å². The van der Waals surface area contributed by atoms with Gasteiger partial charge in [-0.15, -0.1) is 0 Å². The second kappa shape index (κ2) is 31.1. The molecule has 424 valence electrons. The first-order valence-electron chi connectivity index (χ1n) is 24.8. The van der Waals surface area contributed by atoms with Crippen molar-refractivity contribution in [2.75, 3.05) is 0 Å². The van der Waals surface area contributed by atoms with Gasteiger partial charge in [0.2, 0.25) is 0 Å². The SMILES string of the molecule is O.O.O=C([O-])c1ccc(OCc2ccc(-c3ccccc3C(=O)[O-])cc2)cc1.O=C([O-])c1ccc(OCc2ccc(-c3ccccc3C(=O)[O-])cc2)cc1.[Ni+2].[Ni+2].c1cnc2c(c1)ccc1cccnc12.c1cnc2c(c1)ccc1cccnc12.